The quantitative estimate of drug-likeness (QED) is 0.858. The van der Waals surface area contributed by atoms with Gasteiger partial charge in [-0.3, -0.25) is 4.99 Å². The average Bonchev–Trinajstić information content (AvgIpc) is 2.41. The molecule has 3 rings (SSSR count). The number of fused-ring (bicyclic) bond motifs is 1. The number of aliphatic imine (C=N–C) groups is 1. The average molecular weight is 284 g/mol. The lowest BCUT2D eigenvalue weighted by Crippen LogP contribution is -2.51. The van der Waals surface area contributed by atoms with Crippen LogP contribution in [0, 0.1) is 0 Å². The number of hydrogen-bond acceptors (Lipinski definition) is 3. The molecule has 2 aliphatic heterocycles. The number of benzene rings is 1. The van der Waals surface area contributed by atoms with Crippen molar-refractivity contribution in [2.75, 3.05) is 19.6 Å². The molecule has 0 aromatic heterocycles. The first-order chi connectivity index (χ1) is 8.75. The zero-order valence-electron chi connectivity index (χ0n) is 10.00. The summed E-state index contributed by atoms with van der Waals surface area (Å²) < 4.78 is 0. The molecule has 96 valence electrons. The third-order valence-corrected chi connectivity index (χ3v) is 4.24. The van der Waals surface area contributed by atoms with Crippen LogP contribution in [0.15, 0.2) is 23.2 Å². The minimum Gasteiger partial charge on any atom is -0.356 e. The molecule has 1 aromatic rings. The Bertz CT molecular complexity index is 487. The standard InChI is InChI=1S/C13H15Cl2N3/c14-10-3-2-9(8-11(10)15)12-4-6-17-13-16-5-1-7-18(12)13/h2-3,8,12H,1,4-7H2,(H,16,17). The molecule has 5 heteroatoms. The Labute approximate surface area is 117 Å². The number of rotatable bonds is 1. The molecule has 2 heterocycles. The van der Waals surface area contributed by atoms with Crippen LogP contribution < -0.4 is 5.32 Å². The molecule has 1 N–H and O–H groups in total. The second-order valence-electron chi connectivity index (χ2n) is 4.66. The van der Waals surface area contributed by atoms with E-state index in [-0.39, 0.29) is 0 Å². The van der Waals surface area contributed by atoms with Gasteiger partial charge >= 0.3 is 0 Å². The van der Waals surface area contributed by atoms with Crippen molar-refractivity contribution in [3.05, 3.63) is 33.8 Å². The molecule has 0 spiro atoms. The highest BCUT2D eigenvalue weighted by Crippen LogP contribution is 2.32. The van der Waals surface area contributed by atoms with Crippen LogP contribution in [-0.2, 0) is 0 Å². The fraction of sp³-hybridized carbons (Fsp3) is 0.462. The van der Waals surface area contributed by atoms with Crippen molar-refractivity contribution in [1.29, 1.82) is 0 Å². The first-order valence-corrected chi connectivity index (χ1v) is 7.01. The van der Waals surface area contributed by atoms with Gasteiger partial charge in [0.05, 0.1) is 16.1 Å². The summed E-state index contributed by atoms with van der Waals surface area (Å²) in [4.78, 5) is 6.88. The van der Waals surface area contributed by atoms with E-state index in [0.717, 1.165) is 38.4 Å². The summed E-state index contributed by atoms with van der Waals surface area (Å²) in [6.07, 6.45) is 2.18. The number of hydrogen-bond donors (Lipinski definition) is 1. The Hall–Kier alpha value is -0.930. The van der Waals surface area contributed by atoms with E-state index < -0.39 is 0 Å². The van der Waals surface area contributed by atoms with Gasteiger partial charge in [-0.25, -0.2) is 0 Å². The van der Waals surface area contributed by atoms with E-state index >= 15 is 0 Å². The lowest BCUT2D eigenvalue weighted by atomic mass is 9.99. The van der Waals surface area contributed by atoms with Crippen LogP contribution in [0.4, 0.5) is 0 Å². The predicted octanol–water partition coefficient (Wildman–Crippen LogP) is 3.09. The number of nitrogens with one attached hydrogen (secondary N) is 1. The summed E-state index contributed by atoms with van der Waals surface area (Å²) in [5.74, 6) is 1.03. The van der Waals surface area contributed by atoms with Crippen LogP contribution in [0.5, 0.6) is 0 Å². The van der Waals surface area contributed by atoms with Crippen LogP contribution in [0.25, 0.3) is 0 Å². The minimum atomic E-state index is 0.361. The summed E-state index contributed by atoms with van der Waals surface area (Å²) in [6.45, 7) is 2.93. The van der Waals surface area contributed by atoms with Gasteiger partial charge in [-0.05, 0) is 30.5 Å². The molecule has 1 fully saturated rings. The van der Waals surface area contributed by atoms with Gasteiger partial charge < -0.3 is 10.2 Å². The van der Waals surface area contributed by atoms with Crippen molar-refractivity contribution >= 4 is 29.2 Å². The molecule has 1 unspecified atom stereocenters. The van der Waals surface area contributed by atoms with Crippen molar-refractivity contribution in [3.63, 3.8) is 0 Å². The van der Waals surface area contributed by atoms with Gasteiger partial charge in [-0.2, -0.15) is 0 Å². The topological polar surface area (TPSA) is 27.6 Å². The van der Waals surface area contributed by atoms with E-state index in [0.29, 0.717) is 16.1 Å². The molecule has 0 aliphatic carbocycles. The van der Waals surface area contributed by atoms with Crippen LogP contribution >= 0.6 is 23.2 Å². The maximum Gasteiger partial charge on any atom is 0.194 e. The van der Waals surface area contributed by atoms with Crippen molar-refractivity contribution in [1.82, 2.24) is 10.2 Å². The van der Waals surface area contributed by atoms with Crippen molar-refractivity contribution in [2.45, 2.75) is 18.9 Å². The molecule has 18 heavy (non-hydrogen) atoms. The van der Waals surface area contributed by atoms with Crippen molar-refractivity contribution < 1.29 is 0 Å². The Kier molecular flexibility index (Phi) is 3.35. The first-order valence-electron chi connectivity index (χ1n) is 6.25. The third kappa shape index (κ3) is 2.17. The second kappa shape index (κ2) is 4.98. The SMILES string of the molecule is Clc1ccc(C2CCNC3=NCCCN32)cc1Cl. The highest BCUT2D eigenvalue weighted by molar-refractivity contribution is 6.42. The number of halogens is 2. The maximum absolute atomic E-state index is 6.11. The van der Waals surface area contributed by atoms with E-state index in [9.17, 15) is 0 Å². The molecule has 1 atom stereocenters. The van der Waals surface area contributed by atoms with Gasteiger partial charge in [0, 0.05) is 19.6 Å². The Balaban J connectivity index is 1.92. The lowest BCUT2D eigenvalue weighted by molar-refractivity contribution is 0.253. The van der Waals surface area contributed by atoms with Gasteiger partial charge in [-0.1, -0.05) is 29.3 Å². The van der Waals surface area contributed by atoms with Gasteiger partial charge in [0.25, 0.3) is 0 Å². The van der Waals surface area contributed by atoms with Crippen molar-refractivity contribution in [3.8, 4) is 0 Å². The van der Waals surface area contributed by atoms with Crippen LogP contribution in [0.2, 0.25) is 10.0 Å². The van der Waals surface area contributed by atoms with Crippen LogP contribution in [-0.4, -0.2) is 30.5 Å². The third-order valence-electron chi connectivity index (χ3n) is 3.50. The summed E-state index contributed by atoms with van der Waals surface area (Å²) >= 11 is 12.1. The van der Waals surface area contributed by atoms with Gasteiger partial charge in [0.1, 0.15) is 0 Å². The molecule has 0 bridgehead atoms. The van der Waals surface area contributed by atoms with Gasteiger partial charge in [0.2, 0.25) is 0 Å². The lowest BCUT2D eigenvalue weighted by Gasteiger charge is -2.41. The summed E-state index contributed by atoms with van der Waals surface area (Å²) in [6, 6.07) is 6.28. The van der Waals surface area contributed by atoms with Gasteiger partial charge in [-0.15, -0.1) is 0 Å². The second-order valence-corrected chi connectivity index (χ2v) is 5.47. The fourth-order valence-corrected chi connectivity index (χ4v) is 2.93. The van der Waals surface area contributed by atoms with Crippen molar-refractivity contribution in [2.24, 2.45) is 4.99 Å². The first kappa shape index (κ1) is 12.1. The van der Waals surface area contributed by atoms with E-state index in [1.807, 2.05) is 12.1 Å². The highest BCUT2D eigenvalue weighted by Gasteiger charge is 2.29. The van der Waals surface area contributed by atoms with Crippen LogP contribution in [0.3, 0.4) is 0 Å². The van der Waals surface area contributed by atoms with E-state index in [1.54, 1.807) is 0 Å². The zero-order valence-corrected chi connectivity index (χ0v) is 11.5. The Morgan fingerprint density at radius 2 is 2.17 bits per heavy atom. The molecule has 1 aromatic carbocycles. The number of nitrogens with zero attached hydrogens (tertiary/aromatic N) is 2. The summed E-state index contributed by atoms with van der Waals surface area (Å²) in [5, 5.41) is 4.60. The highest BCUT2D eigenvalue weighted by atomic mass is 35.5. The minimum absolute atomic E-state index is 0.361. The smallest absolute Gasteiger partial charge is 0.194 e. The largest absolute Gasteiger partial charge is 0.356 e. The monoisotopic (exact) mass is 283 g/mol. The predicted molar refractivity (Wildman–Crippen MR) is 75.4 cm³/mol. The summed E-state index contributed by atoms with van der Waals surface area (Å²) in [7, 11) is 0. The molecule has 3 nitrogen and oxygen atoms in total. The Morgan fingerprint density at radius 3 is 3.00 bits per heavy atom. The van der Waals surface area contributed by atoms with E-state index in [2.05, 4.69) is 21.3 Å². The molecular weight excluding hydrogens is 269 g/mol. The molecule has 2 aliphatic rings. The molecular formula is C13H15Cl2N3. The van der Waals surface area contributed by atoms with Gasteiger partial charge in [0.15, 0.2) is 5.96 Å². The Morgan fingerprint density at radius 1 is 1.28 bits per heavy atom. The molecule has 1 saturated heterocycles. The molecule has 0 saturated carbocycles. The summed E-state index contributed by atoms with van der Waals surface area (Å²) in [5.41, 5.74) is 1.22. The zero-order chi connectivity index (χ0) is 12.5. The van der Waals surface area contributed by atoms with Crippen LogP contribution in [0.1, 0.15) is 24.4 Å². The normalized spacial score (nSPS) is 23.1. The molecule has 0 radical (unpaired) electrons. The number of guanidine groups is 1. The van der Waals surface area contributed by atoms with E-state index in [4.69, 9.17) is 23.2 Å². The molecule has 0 amide bonds. The fourth-order valence-electron chi connectivity index (χ4n) is 2.63. The maximum atomic E-state index is 6.11. The van der Waals surface area contributed by atoms with E-state index in [1.165, 1.54) is 5.56 Å².